The van der Waals surface area contributed by atoms with Crippen molar-refractivity contribution in [2.75, 3.05) is 18.8 Å². The number of thioether (sulfide) groups is 1. The number of nitrogens with one attached hydrogen (secondary N) is 1. The zero-order valence-corrected chi connectivity index (χ0v) is 6.78. The smallest absolute Gasteiger partial charge is 0.0780 e. The van der Waals surface area contributed by atoms with Crippen molar-refractivity contribution in [1.82, 2.24) is 5.32 Å². The first-order chi connectivity index (χ1) is 4.81. The van der Waals surface area contributed by atoms with Crippen LogP contribution in [0.5, 0.6) is 0 Å². The van der Waals surface area contributed by atoms with Gasteiger partial charge in [-0.1, -0.05) is 0 Å². The first kappa shape index (κ1) is 6.95. The molecule has 2 N–H and O–H groups in total. The van der Waals surface area contributed by atoms with Gasteiger partial charge in [0.1, 0.15) is 0 Å². The molecule has 1 atom stereocenters. The van der Waals surface area contributed by atoms with E-state index in [9.17, 15) is 5.11 Å². The van der Waals surface area contributed by atoms with Crippen LogP contribution in [0.25, 0.3) is 0 Å². The van der Waals surface area contributed by atoms with Crippen molar-refractivity contribution in [2.45, 2.75) is 23.7 Å². The molecule has 10 heavy (non-hydrogen) atoms. The Morgan fingerprint density at radius 1 is 1.50 bits per heavy atom. The Labute approximate surface area is 65.4 Å². The van der Waals surface area contributed by atoms with Gasteiger partial charge in [0.2, 0.25) is 0 Å². The van der Waals surface area contributed by atoms with Gasteiger partial charge in [-0.05, 0) is 12.8 Å². The summed E-state index contributed by atoms with van der Waals surface area (Å²) in [6, 6.07) is 0. The summed E-state index contributed by atoms with van der Waals surface area (Å²) in [5.74, 6) is 1.16. The quantitative estimate of drug-likeness (QED) is 0.574. The second-order valence-electron chi connectivity index (χ2n) is 3.17. The SMILES string of the molecule is OC1(C2CNCCS2)CC1. The maximum absolute atomic E-state index is 9.69. The molecule has 2 nitrogen and oxygen atoms in total. The maximum Gasteiger partial charge on any atom is 0.0780 e. The number of hydrogen-bond donors (Lipinski definition) is 2. The Hall–Kier alpha value is 0.270. The van der Waals surface area contributed by atoms with Crippen molar-refractivity contribution in [3.63, 3.8) is 0 Å². The van der Waals surface area contributed by atoms with Crippen molar-refractivity contribution >= 4 is 11.8 Å². The molecule has 3 heteroatoms. The van der Waals surface area contributed by atoms with E-state index in [0.717, 1.165) is 31.7 Å². The molecule has 0 amide bonds. The second kappa shape index (κ2) is 2.40. The highest BCUT2D eigenvalue weighted by Crippen LogP contribution is 2.44. The summed E-state index contributed by atoms with van der Waals surface area (Å²) in [7, 11) is 0. The molecular weight excluding hydrogens is 146 g/mol. The average molecular weight is 159 g/mol. The van der Waals surface area contributed by atoms with E-state index in [2.05, 4.69) is 5.32 Å². The monoisotopic (exact) mass is 159 g/mol. The molecule has 1 saturated carbocycles. The zero-order chi connectivity index (χ0) is 7.03. The van der Waals surface area contributed by atoms with Crippen LogP contribution in [0.1, 0.15) is 12.8 Å². The Morgan fingerprint density at radius 2 is 2.30 bits per heavy atom. The van der Waals surface area contributed by atoms with Crippen LogP contribution in [-0.4, -0.2) is 34.8 Å². The maximum atomic E-state index is 9.69. The first-order valence-corrected chi connectivity index (χ1v) is 4.91. The zero-order valence-electron chi connectivity index (χ0n) is 5.97. The molecule has 0 aromatic carbocycles. The van der Waals surface area contributed by atoms with E-state index in [-0.39, 0.29) is 5.60 Å². The van der Waals surface area contributed by atoms with Gasteiger partial charge in [-0.3, -0.25) is 0 Å². The summed E-state index contributed by atoms with van der Waals surface area (Å²) >= 11 is 1.92. The molecule has 1 aliphatic carbocycles. The van der Waals surface area contributed by atoms with Gasteiger partial charge >= 0.3 is 0 Å². The van der Waals surface area contributed by atoms with Crippen LogP contribution in [-0.2, 0) is 0 Å². The van der Waals surface area contributed by atoms with E-state index in [1.165, 1.54) is 0 Å². The van der Waals surface area contributed by atoms with E-state index < -0.39 is 0 Å². The third-order valence-electron chi connectivity index (χ3n) is 2.29. The highest BCUT2D eigenvalue weighted by molar-refractivity contribution is 8.00. The lowest BCUT2D eigenvalue weighted by Crippen LogP contribution is -2.40. The molecule has 2 fully saturated rings. The van der Waals surface area contributed by atoms with E-state index >= 15 is 0 Å². The van der Waals surface area contributed by atoms with Crippen molar-refractivity contribution in [3.8, 4) is 0 Å². The lowest BCUT2D eigenvalue weighted by Gasteiger charge is -2.26. The Morgan fingerprint density at radius 3 is 2.80 bits per heavy atom. The number of hydrogen-bond acceptors (Lipinski definition) is 3. The van der Waals surface area contributed by atoms with Gasteiger partial charge in [0.25, 0.3) is 0 Å². The van der Waals surface area contributed by atoms with Crippen LogP contribution in [0.4, 0.5) is 0 Å². The van der Waals surface area contributed by atoms with Crippen molar-refractivity contribution in [1.29, 1.82) is 0 Å². The summed E-state index contributed by atoms with van der Waals surface area (Å²) in [5.41, 5.74) is -0.280. The molecule has 2 aliphatic rings. The molecule has 1 unspecified atom stereocenters. The lowest BCUT2D eigenvalue weighted by atomic mass is 10.2. The summed E-state index contributed by atoms with van der Waals surface area (Å²) in [6.45, 7) is 2.11. The largest absolute Gasteiger partial charge is 0.389 e. The first-order valence-electron chi connectivity index (χ1n) is 3.86. The van der Waals surface area contributed by atoms with E-state index in [0.29, 0.717) is 5.25 Å². The fraction of sp³-hybridized carbons (Fsp3) is 1.00. The van der Waals surface area contributed by atoms with Gasteiger partial charge in [0.15, 0.2) is 0 Å². The van der Waals surface area contributed by atoms with Crippen LogP contribution < -0.4 is 5.32 Å². The normalized spacial score (nSPS) is 37.5. The van der Waals surface area contributed by atoms with E-state index in [1.807, 2.05) is 11.8 Å². The van der Waals surface area contributed by atoms with Crippen LogP contribution in [0, 0.1) is 0 Å². The molecule has 2 rings (SSSR count). The van der Waals surface area contributed by atoms with Gasteiger partial charge in [-0.2, -0.15) is 11.8 Å². The minimum Gasteiger partial charge on any atom is -0.389 e. The summed E-state index contributed by atoms with van der Waals surface area (Å²) in [5, 5.41) is 13.5. The third kappa shape index (κ3) is 1.18. The average Bonchev–Trinajstić information content (AvgIpc) is 2.72. The lowest BCUT2D eigenvalue weighted by molar-refractivity contribution is 0.145. The molecule has 1 heterocycles. The van der Waals surface area contributed by atoms with Crippen LogP contribution >= 0.6 is 11.8 Å². The molecule has 1 aliphatic heterocycles. The van der Waals surface area contributed by atoms with Crippen LogP contribution in [0.2, 0.25) is 0 Å². The molecule has 0 bridgehead atoms. The summed E-state index contributed by atoms with van der Waals surface area (Å²) in [6.07, 6.45) is 2.04. The van der Waals surface area contributed by atoms with E-state index in [1.54, 1.807) is 0 Å². The van der Waals surface area contributed by atoms with Gasteiger partial charge in [-0.15, -0.1) is 0 Å². The van der Waals surface area contributed by atoms with Gasteiger partial charge < -0.3 is 10.4 Å². The molecule has 0 aromatic heterocycles. The number of rotatable bonds is 1. The van der Waals surface area contributed by atoms with Gasteiger partial charge in [0, 0.05) is 24.1 Å². The topological polar surface area (TPSA) is 32.3 Å². The summed E-state index contributed by atoms with van der Waals surface area (Å²) < 4.78 is 0. The minimum atomic E-state index is -0.280. The van der Waals surface area contributed by atoms with Crippen LogP contribution in [0.3, 0.4) is 0 Å². The predicted octanol–water partition coefficient (Wildman–Crippen LogP) is 0.216. The second-order valence-corrected chi connectivity index (χ2v) is 4.48. The predicted molar refractivity (Wildman–Crippen MR) is 43.3 cm³/mol. The third-order valence-corrected chi connectivity index (χ3v) is 3.74. The fourth-order valence-corrected chi connectivity index (χ4v) is 2.69. The Kier molecular flexibility index (Phi) is 1.66. The van der Waals surface area contributed by atoms with Gasteiger partial charge in [-0.25, -0.2) is 0 Å². The van der Waals surface area contributed by atoms with Gasteiger partial charge in [0.05, 0.1) is 5.60 Å². The minimum absolute atomic E-state index is 0.280. The Bertz CT molecular complexity index is 130. The van der Waals surface area contributed by atoms with Crippen molar-refractivity contribution in [3.05, 3.63) is 0 Å². The number of aliphatic hydroxyl groups is 1. The van der Waals surface area contributed by atoms with E-state index in [4.69, 9.17) is 0 Å². The van der Waals surface area contributed by atoms with Crippen molar-refractivity contribution < 1.29 is 5.11 Å². The molecule has 1 saturated heterocycles. The molecular formula is C7H13NOS. The van der Waals surface area contributed by atoms with Crippen molar-refractivity contribution in [2.24, 2.45) is 0 Å². The highest BCUT2D eigenvalue weighted by Gasteiger charge is 2.48. The Balaban J connectivity index is 1.91. The standard InChI is InChI=1S/C7H13NOS/c9-7(1-2-7)6-5-8-3-4-10-6/h6,8-9H,1-5H2. The molecule has 58 valence electrons. The molecule has 0 aromatic rings. The molecule has 0 radical (unpaired) electrons. The summed E-state index contributed by atoms with van der Waals surface area (Å²) in [4.78, 5) is 0. The molecule has 0 spiro atoms. The fourth-order valence-electron chi connectivity index (χ4n) is 1.36. The van der Waals surface area contributed by atoms with Crippen LogP contribution in [0.15, 0.2) is 0 Å². The highest BCUT2D eigenvalue weighted by atomic mass is 32.2.